The molecule has 0 saturated carbocycles. The lowest BCUT2D eigenvalue weighted by Gasteiger charge is -2.25. The highest BCUT2D eigenvalue weighted by Crippen LogP contribution is 2.01. The van der Waals surface area contributed by atoms with Crippen LogP contribution in [-0.4, -0.2) is 73.4 Å². The molecule has 0 bridgehead atoms. The Morgan fingerprint density at radius 1 is 1.00 bits per heavy atom. The first-order valence-electron chi connectivity index (χ1n) is 6.61. The molecule has 2 N–H and O–H groups in total. The third-order valence-electron chi connectivity index (χ3n) is 2.26. The van der Waals surface area contributed by atoms with E-state index in [2.05, 4.69) is 10.0 Å². The smallest absolute Gasteiger partial charge is 0.209 e. The largest absolute Gasteiger partial charge is 0.382 e. The SMILES string of the molecule is COCCOCCOCCNCC(C)(C)NS(C)(=O)=O. The maximum Gasteiger partial charge on any atom is 0.209 e. The van der Waals surface area contributed by atoms with E-state index in [1.54, 1.807) is 7.11 Å². The molecule has 0 aliphatic carbocycles. The van der Waals surface area contributed by atoms with Gasteiger partial charge >= 0.3 is 0 Å². The summed E-state index contributed by atoms with van der Waals surface area (Å²) in [5.74, 6) is 0. The molecular weight excluding hydrogens is 284 g/mol. The van der Waals surface area contributed by atoms with Crippen molar-refractivity contribution in [2.75, 3.05) is 59.5 Å². The van der Waals surface area contributed by atoms with E-state index >= 15 is 0 Å². The van der Waals surface area contributed by atoms with Gasteiger partial charge in [-0.1, -0.05) is 0 Å². The molecule has 0 aromatic heterocycles. The zero-order valence-electron chi connectivity index (χ0n) is 12.9. The van der Waals surface area contributed by atoms with Crippen molar-refractivity contribution in [3.8, 4) is 0 Å². The molecule has 0 fully saturated rings. The highest BCUT2D eigenvalue weighted by atomic mass is 32.2. The van der Waals surface area contributed by atoms with Crippen molar-refractivity contribution in [1.29, 1.82) is 0 Å². The van der Waals surface area contributed by atoms with E-state index in [1.807, 2.05) is 13.8 Å². The molecule has 0 radical (unpaired) electrons. The Kier molecular flexibility index (Phi) is 10.3. The van der Waals surface area contributed by atoms with Crippen LogP contribution in [0.25, 0.3) is 0 Å². The highest BCUT2D eigenvalue weighted by Gasteiger charge is 2.21. The van der Waals surface area contributed by atoms with Gasteiger partial charge in [0, 0.05) is 25.7 Å². The van der Waals surface area contributed by atoms with E-state index in [0.29, 0.717) is 46.1 Å². The van der Waals surface area contributed by atoms with E-state index < -0.39 is 15.6 Å². The van der Waals surface area contributed by atoms with Crippen LogP contribution < -0.4 is 10.0 Å². The van der Waals surface area contributed by atoms with Gasteiger partial charge in [-0.3, -0.25) is 0 Å². The Morgan fingerprint density at radius 3 is 2.10 bits per heavy atom. The molecule has 20 heavy (non-hydrogen) atoms. The summed E-state index contributed by atoms with van der Waals surface area (Å²) < 4.78 is 40.3. The molecule has 0 aliphatic heterocycles. The molecule has 8 heteroatoms. The van der Waals surface area contributed by atoms with Gasteiger partial charge in [0.25, 0.3) is 0 Å². The van der Waals surface area contributed by atoms with E-state index in [4.69, 9.17) is 14.2 Å². The summed E-state index contributed by atoms with van der Waals surface area (Å²) >= 11 is 0. The molecular formula is C12H28N2O5S. The molecule has 7 nitrogen and oxygen atoms in total. The maximum atomic E-state index is 11.1. The van der Waals surface area contributed by atoms with Crippen molar-refractivity contribution in [3.05, 3.63) is 0 Å². The minimum absolute atomic E-state index is 0.517. The average Bonchev–Trinajstić information content (AvgIpc) is 2.28. The first-order valence-corrected chi connectivity index (χ1v) is 8.50. The molecule has 0 aliphatic rings. The summed E-state index contributed by atoms with van der Waals surface area (Å²) in [6.07, 6.45) is 1.15. The molecule has 0 aromatic carbocycles. The second-order valence-electron chi connectivity index (χ2n) is 5.15. The number of hydrogen-bond donors (Lipinski definition) is 2. The van der Waals surface area contributed by atoms with E-state index in [9.17, 15) is 8.42 Å². The minimum atomic E-state index is -3.19. The Balaban J connectivity index is 3.43. The van der Waals surface area contributed by atoms with Crippen LogP contribution in [0.2, 0.25) is 0 Å². The number of rotatable bonds is 13. The predicted molar refractivity (Wildman–Crippen MR) is 78.4 cm³/mol. The van der Waals surface area contributed by atoms with Crippen molar-refractivity contribution in [2.24, 2.45) is 0 Å². The fraction of sp³-hybridized carbons (Fsp3) is 1.00. The van der Waals surface area contributed by atoms with Crippen LogP contribution in [-0.2, 0) is 24.2 Å². The molecule has 0 saturated heterocycles. The Morgan fingerprint density at radius 2 is 1.55 bits per heavy atom. The fourth-order valence-electron chi connectivity index (χ4n) is 1.55. The minimum Gasteiger partial charge on any atom is -0.382 e. The van der Waals surface area contributed by atoms with E-state index in [0.717, 1.165) is 6.26 Å². The molecule has 0 aromatic rings. The third kappa shape index (κ3) is 14.2. The number of ether oxygens (including phenoxy) is 3. The normalized spacial score (nSPS) is 12.8. The molecule has 0 rings (SSSR count). The Hall–Kier alpha value is -0.250. The van der Waals surface area contributed by atoms with Crippen molar-refractivity contribution in [2.45, 2.75) is 19.4 Å². The highest BCUT2D eigenvalue weighted by molar-refractivity contribution is 7.88. The van der Waals surface area contributed by atoms with Gasteiger partial charge in [0.05, 0.1) is 39.3 Å². The summed E-state index contributed by atoms with van der Waals surface area (Å²) in [6.45, 7) is 7.65. The summed E-state index contributed by atoms with van der Waals surface area (Å²) in [7, 11) is -1.56. The van der Waals surface area contributed by atoms with Gasteiger partial charge in [-0.05, 0) is 13.8 Å². The topological polar surface area (TPSA) is 85.9 Å². The molecule has 0 atom stereocenters. The van der Waals surface area contributed by atoms with Crippen molar-refractivity contribution < 1.29 is 22.6 Å². The predicted octanol–water partition coefficient (Wildman–Crippen LogP) is -0.417. The monoisotopic (exact) mass is 312 g/mol. The standard InChI is InChI=1S/C12H28N2O5S/c1-12(2,14-20(4,15)16)11-13-5-6-18-9-10-19-8-7-17-3/h13-14H,5-11H2,1-4H3. The van der Waals surface area contributed by atoms with Gasteiger partial charge < -0.3 is 19.5 Å². The van der Waals surface area contributed by atoms with Crippen LogP contribution in [0.3, 0.4) is 0 Å². The van der Waals surface area contributed by atoms with Crippen molar-refractivity contribution in [3.63, 3.8) is 0 Å². The molecule has 0 heterocycles. The first-order chi connectivity index (χ1) is 9.27. The lowest BCUT2D eigenvalue weighted by atomic mass is 10.1. The van der Waals surface area contributed by atoms with Gasteiger partial charge in [-0.25, -0.2) is 13.1 Å². The second kappa shape index (κ2) is 10.5. The lowest BCUT2D eigenvalue weighted by Crippen LogP contribution is -2.50. The van der Waals surface area contributed by atoms with Gasteiger partial charge in [0.2, 0.25) is 10.0 Å². The summed E-state index contributed by atoms with van der Waals surface area (Å²) in [6, 6.07) is 0. The van der Waals surface area contributed by atoms with E-state index in [1.165, 1.54) is 0 Å². The van der Waals surface area contributed by atoms with Gasteiger partial charge in [0.15, 0.2) is 0 Å². The van der Waals surface area contributed by atoms with Gasteiger partial charge in [-0.2, -0.15) is 0 Å². The Labute approximate surface area is 122 Å². The first kappa shape index (κ1) is 19.8. The van der Waals surface area contributed by atoms with Crippen LogP contribution in [0.5, 0.6) is 0 Å². The zero-order valence-corrected chi connectivity index (χ0v) is 13.7. The van der Waals surface area contributed by atoms with Crippen LogP contribution >= 0.6 is 0 Å². The maximum absolute atomic E-state index is 11.1. The van der Waals surface area contributed by atoms with Gasteiger partial charge in [-0.15, -0.1) is 0 Å². The quantitative estimate of drug-likeness (QED) is 0.449. The molecule has 122 valence electrons. The number of nitrogens with one attached hydrogen (secondary N) is 2. The third-order valence-corrected chi connectivity index (χ3v) is 3.18. The zero-order chi connectivity index (χ0) is 15.5. The van der Waals surface area contributed by atoms with E-state index in [-0.39, 0.29) is 0 Å². The fourth-order valence-corrected chi connectivity index (χ4v) is 2.62. The second-order valence-corrected chi connectivity index (χ2v) is 6.90. The number of methoxy groups -OCH3 is 1. The number of hydrogen-bond acceptors (Lipinski definition) is 6. The molecule has 0 spiro atoms. The van der Waals surface area contributed by atoms with Crippen molar-refractivity contribution in [1.82, 2.24) is 10.0 Å². The lowest BCUT2D eigenvalue weighted by molar-refractivity contribution is 0.0254. The number of sulfonamides is 1. The summed E-state index contributed by atoms with van der Waals surface area (Å²) in [5.41, 5.74) is -0.517. The molecule has 0 amide bonds. The summed E-state index contributed by atoms with van der Waals surface area (Å²) in [4.78, 5) is 0. The van der Waals surface area contributed by atoms with Crippen LogP contribution in [0, 0.1) is 0 Å². The van der Waals surface area contributed by atoms with Crippen LogP contribution in [0.15, 0.2) is 0 Å². The Bertz CT molecular complexity index is 333. The molecule has 0 unspecified atom stereocenters. The van der Waals surface area contributed by atoms with Crippen LogP contribution in [0.1, 0.15) is 13.8 Å². The average molecular weight is 312 g/mol. The van der Waals surface area contributed by atoms with Gasteiger partial charge in [0.1, 0.15) is 0 Å². The van der Waals surface area contributed by atoms with Crippen molar-refractivity contribution >= 4 is 10.0 Å². The van der Waals surface area contributed by atoms with Crippen LogP contribution in [0.4, 0.5) is 0 Å². The summed E-state index contributed by atoms with van der Waals surface area (Å²) in [5, 5.41) is 3.15.